The van der Waals surface area contributed by atoms with Crippen LogP contribution in [0.4, 0.5) is 36.6 Å². The van der Waals surface area contributed by atoms with E-state index in [1.54, 1.807) is 5.32 Å². The molecule has 2 amide bonds. The van der Waals surface area contributed by atoms with E-state index in [0.717, 1.165) is 42.6 Å². The number of carbonyl (C=O) groups excluding carboxylic acids is 2. The van der Waals surface area contributed by atoms with Crippen LogP contribution in [0.2, 0.25) is 0 Å². The van der Waals surface area contributed by atoms with Gasteiger partial charge in [-0.1, -0.05) is 12.1 Å². The van der Waals surface area contributed by atoms with Gasteiger partial charge in [-0.05, 0) is 31.2 Å². The van der Waals surface area contributed by atoms with E-state index in [2.05, 4.69) is 5.10 Å². The number of nitrogens with zero attached hydrogens (tertiary/aromatic N) is 3. The van der Waals surface area contributed by atoms with Gasteiger partial charge < -0.3 is 21.1 Å². The Balaban J connectivity index is 1.84. The van der Waals surface area contributed by atoms with Gasteiger partial charge in [-0.2, -0.15) is 18.3 Å². The molecule has 0 fully saturated rings. The van der Waals surface area contributed by atoms with Gasteiger partial charge in [0.25, 0.3) is 11.8 Å². The fourth-order valence-electron chi connectivity index (χ4n) is 3.47. The van der Waals surface area contributed by atoms with E-state index in [9.17, 15) is 45.4 Å². The lowest BCUT2D eigenvalue weighted by Gasteiger charge is -2.35. The predicted molar refractivity (Wildman–Crippen MR) is 119 cm³/mol. The van der Waals surface area contributed by atoms with Gasteiger partial charge in [-0.15, -0.1) is 0 Å². The van der Waals surface area contributed by atoms with Crippen LogP contribution in [-0.2, 0) is 0 Å². The third-order valence-electron chi connectivity index (χ3n) is 5.57. The highest BCUT2D eigenvalue weighted by molar-refractivity contribution is 5.98. The molecule has 3 rings (SSSR count). The van der Waals surface area contributed by atoms with E-state index in [0.29, 0.717) is 9.58 Å². The zero-order chi connectivity index (χ0) is 28.4. The van der Waals surface area contributed by atoms with Gasteiger partial charge in [-0.3, -0.25) is 9.59 Å². The van der Waals surface area contributed by atoms with Gasteiger partial charge in [0, 0.05) is 6.54 Å². The van der Waals surface area contributed by atoms with Gasteiger partial charge in [0.15, 0.2) is 17.2 Å². The van der Waals surface area contributed by atoms with Crippen LogP contribution in [0.5, 0.6) is 0 Å². The first-order valence-corrected chi connectivity index (χ1v) is 10.8. The Bertz CT molecular complexity index is 1320. The van der Waals surface area contributed by atoms with E-state index in [1.165, 1.54) is 6.92 Å². The summed E-state index contributed by atoms with van der Waals surface area (Å²) in [5.74, 6) is -8.21. The smallest absolute Gasteiger partial charge is 0.383 e. The van der Waals surface area contributed by atoms with Crippen molar-refractivity contribution in [2.24, 2.45) is 0 Å². The third-order valence-corrected chi connectivity index (χ3v) is 5.57. The molecule has 3 aromatic rings. The maximum Gasteiger partial charge on any atom is 0.420 e. The summed E-state index contributed by atoms with van der Waals surface area (Å²) in [7, 11) is 0. The first kappa shape index (κ1) is 28.4. The monoisotopic (exact) mass is 547 g/mol. The predicted octanol–water partition coefficient (Wildman–Crippen LogP) is 3.20. The van der Waals surface area contributed by atoms with Gasteiger partial charge in [0.2, 0.25) is 0 Å². The molecule has 204 valence electrons. The number of nitrogens with two attached hydrogens (primary N) is 1. The van der Waals surface area contributed by atoms with Crippen molar-refractivity contribution in [1.82, 2.24) is 20.0 Å². The minimum Gasteiger partial charge on any atom is -0.383 e. The van der Waals surface area contributed by atoms with Crippen LogP contribution in [0.3, 0.4) is 0 Å². The van der Waals surface area contributed by atoms with Crippen molar-refractivity contribution < 1.29 is 45.4 Å². The van der Waals surface area contributed by atoms with E-state index in [-0.39, 0.29) is 0 Å². The quantitative estimate of drug-likeness (QED) is 0.375. The fraction of sp³-hybridized carbons (Fsp3) is 0.261. The molecule has 0 bridgehead atoms. The number of nitrogens with one attached hydrogen (secondary N) is 1. The first-order valence-electron chi connectivity index (χ1n) is 10.8. The highest BCUT2D eigenvalue weighted by atomic mass is 19.4. The van der Waals surface area contributed by atoms with E-state index >= 15 is 0 Å². The largest absolute Gasteiger partial charge is 0.420 e. The van der Waals surface area contributed by atoms with Crippen molar-refractivity contribution in [3.63, 3.8) is 0 Å². The number of aliphatic hydroxyl groups is 1. The molecule has 0 aliphatic rings. The SMILES string of the molecule is CCN(CC(O)(CNC(=O)c1cnn(-c2c(F)cccc2F)c1N)C(F)(F)F)C(=O)c1c(F)cccc1F. The Hall–Kier alpha value is -4.14. The van der Waals surface area contributed by atoms with Gasteiger partial charge >= 0.3 is 6.18 Å². The number of halogens is 7. The maximum absolute atomic E-state index is 14.1. The number of aromatic nitrogens is 2. The lowest BCUT2D eigenvalue weighted by molar-refractivity contribution is -0.259. The van der Waals surface area contributed by atoms with Crippen molar-refractivity contribution in [1.29, 1.82) is 0 Å². The average Bonchev–Trinajstić information content (AvgIpc) is 3.21. The second-order valence-corrected chi connectivity index (χ2v) is 8.05. The molecule has 15 heteroatoms. The molecule has 2 aromatic carbocycles. The normalized spacial score (nSPS) is 13.2. The molecule has 1 heterocycles. The molecule has 0 saturated carbocycles. The van der Waals surface area contributed by atoms with Crippen molar-refractivity contribution in [2.75, 3.05) is 25.4 Å². The number of hydrogen-bond acceptors (Lipinski definition) is 5. The molecule has 0 spiro atoms. The van der Waals surface area contributed by atoms with Crippen LogP contribution < -0.4 is 11.1 Å². The zero-order valence-electron chi connectivity index (χ0n) is 19.5. The van der Waals surface area contributed by atoms with Crippen LogP contribution in [-0.4, -0.2) is 63.0 Å². The molecular weight excluding hydrogens is 527 g/mol. The standard InChI is InChI=1S/C23H20F7N5O3/c1-2-34(21(37)17-13(24)5-3-6-14(17)25)11-22(38,23(28,29)30)10-32-20(36)12-9-33-35(19(12)31)18-15(26)7-4-8-16(18)27/h3-9,38H,2,10-11,31H2,1H3,(H,32,36). The lowest BCUT2D eigenvalue weighted by atomic mass is 10.0. The van der Waals surface area contributed by atoms with Crippen molar-refractivity contribution >= 4 is 17.6 Å². The van der Waals surface area contributed by atoms with Crippen LogP contribution >= 0.6 is 0 Å². The Labute approximate surface area is 210 Å². The number of alkyl halides is 3. The van der Waals surface area contributed by atoms with Crippen LogP contribution in [0.15, 0.2) is 42.6 Å². The Morgan fingerprint density at radius 3 is 2.05 bits per heavy atom. The molecule has 1 unspecified atom stereocenters. The minimum atomic E-state index is -5.44. The Morgan fingerprint density at radius 2 is 1.55 bits per heavy atom. The summed E-state index contributed by atoms with van der Waals surface area (Å²) in [6.45, 7) is -2.32. The Morgan fingerprint density at radius 1 is 1.03 bits per heavy atom. The van der Waals surface area contributed by atoms with E-state index < -0.39 is 89.1 Å². The molecule has 0 saturated heterocycles. The highest BCUT2D eigenvalue weighted by Crippen LogP contribution is 2.32. The summed E-state index contributed by atoms with van der Waals surface area (Å²) in [6.07, 6.45) is -4.69. The molecule has 0 radical (unpaired) electrons. The molecule has 0 aliphatic carbocycles. The first-order chi connectivity index (χ1) is 17.7. The fourth-order valence-corrected chi connectivity index (χ4v) is 3.47. The maximum atomic E-state index is 14.1. The summed E-state index contributed by atoms with van der Waals surface area (Å²) in [5, 5.41) is 15.8. The summed E-state index contributed by atoms with van der Waals surface area (Å²) in [6, 6.07) is 5.25. The summed E-state index contributed by atoms with van der Waals surface area (Å²) >= 11 is 0. The lowest BCUT2D eigenvalue weighted by Crippen LogP contribution is -2.60. The number of likely N-dealkylation sites (N-methyl/N-ethyl adjacent to an activating group) is 1. The molecule has 1 aromatic heterocycles. The minimum absolute atomic E-state index is 0.356. The van der Waals surface area contributed by atoms with E-state index in [1.807, 2.05) is 0 Å². The molecule has 1 atom stereocenters. The molecule has 4 N–H and O–H groups in total. The van der Waals surface area contributed by atoms with Gasteiger partial charge in [0.05, 0.1) is 19.3 Å². The molecular formula is C23H20F7N5O3. The van der Waals surface area contributed by atoms with Gasteiger partial charge in [0.1, 0.15) is 34.3 Å². The average molecular weight is 547 g/mol. The Kier molecular flexibility index (Phi) is 8.00. The summed E-state index contributed by atoms with van der Waals surface area (Å²) in [4.78, 5) is 25.5. The topological polar surface area (TPSA) is 113 Å². The summed E-state index contributed by atoms with van der Waals surface area (Å²) in [5.41, 5.74) is -0.487. The number of nitrogen functional groups attached to an aromatic ring is 1. The highest BCUT2D eigenvalue weighted by Gasteiger charge is 2.55. The number of anilines is 1. The summed E-state index contributed by atoms with van der Waals surface area (Å²) < 4.78 is 98.3. The van der Waals surface area contributed by atoms with Gasteiger partial charge in [-0.25, -0.2) is 22.2 Å². The number of carbonyl (C=O) groups is 2. The molecule has 38 heavy (non-hydrogen) atoms. The number of hydrogen-bond donors (Lipinski definition) is 3. The van der Waals surface area contributed by atoms with Crippen LogP contribution in [0, 0.1) is 23.3 Å². The van der Waals surface area contributed by atoms with Crippen LogP contribution in [0.25, 0.3) is 5.69 Å². The third kappa shape index (κ3) is 5.41. The number of para-hydroxylation sites is 1. The second-order valence-electron chi connectivity index (χ2n) is 8.05. The van der Waals surface area contributed by atoms with Crippen LogP contribution in [0.1, 0.15) is 27.6 Å². The van der Waals surface area contributed by atoms with Crippen molar-refractivity contribution in [3.05, 3.63) is 77.0 Å². The van der Waals surface area contributed by atoms with Crippen molar-refractivity contribution in [2.45, 2.75) is 18.7 Å². The molecule has 8 nitrogen and oxygen atoms in total. The number of amides is 2. The zero-order valence-corrected chi connectivity index (χ0v) is 19.5. The van der Waals surface area contributed by atoms with E-state index in [4.69, 9.17) is 5.73 Å². The van der Waals surface area contributed by atoms with Crippen molar-refractivity contribution in [3.8, 4) is 5.69 Å². The molecule has 0 aliphatic heterocycles. The number of rotatable bonds is 8. The second kappa shape index (κ2) is 10.7. The number of benzene rings is 2.